The standard InChI is InChI=1S/C30H37N9O/c1-23-5-7-24(8-6-23)30(22-40)11-18-37(19-12-30)27-4-2-15-38-28(27)34-29(35-38)33-25-20-32-39(21-25)26-9-16-36(17-10-26)14-3-13-31/h2,4-8,15,20-21,26,40H,3,9-12,14,16-19,22H2,1H3,(H,33,35). The second-order valence-corrected chi connectivity index (χ2v) is 11.2. The van der Waals surface area contributed by atoms with E-state index in [4.69, 9.17) is 10.2 Å². The third-order valence-corrected chi connectivity index (χ3v) is 8.70. The normalized spacial score (nSPS) is 18.2. The fourth-order valence-electron chi connectivity index (χ4n) is 6.16. The molecule has 10 nitrogen and oxygen atoms in total. The summed E-state index contributed by atoms with van der Waals surface area (Å²) in [5, 5.41) is 31.9. The molecule has 4 aromatic rings. The van der Waals surface area contributed by atoms with Gasteiger partial charge >= 0.3 is 0 Å². The van der Waals surface area contributed by atoms with E-state index in [9.17, 15) is 5.11 Å². The molecule has 0 bridgehead atoms. The molecule has 0 saturated carbocycles. The van der Waals surface area contributed by atoms with Gasteiger partial charge in [-0.25, -0.2) is 4.52 Å². The molecule has 40 heavy (non-hydrogen) atoms. The molecule has 0 unspecified atom stereocenters. The predicted octanol–water partition coefficient (Wildman–Crippen LogP) is 4.06. The number of nitriles is 1. The number of benzene rings is 1. The number of aryl methyl sites for hydroxylation is 1. The molecule has 3 aromatic heterocycles. The van der Waals surface area contributed by atoms with E-state index < -0.39 is 0 Å². The number of aromatic nitrogens is 5. The summed E-state index contributed by atoms with van der Waals surface area (Å²) in [4.78, 5) is 9.56. The molecule has 2 fully saturated rings. The Labute approximate surface area is 234 Å². The van der Waals surface area contributed by atoms with Gasteiger partial charge in [-0.15, -0.1) is 5.10 Å². The third-order valence-electron chi connectivity index (χ3n) is 8.70. The maximum Gasteiger partial charge on any atom is 0.247 e. The highest BCUT2D eigenvalue weighted by molar-refractivity contribution is 5.71. The van der Waals surface area contributed by atoms with Crippen LogP contribution < -0.4 is 10.2 Å². The van der Waals surface area contributed by atoms with Gasteiger partial charge < -0.3 is 20.2 Å². The van der Waals surface area contributed by atoms with Gasteiger partial charge in [0.2, 0.25) is 5.95 Å². The fraction of sp³-hybridized carbons (Fsp3) is 0.467. The molecule has 2 saturated heterocycles. The third kappa shape index (κ3) is 5.27. The number of aliphatic hydroxyl groups excluding tert-OH is 1. The van der Waals surface area contributed by atoms with Crippen LogP contribution in [0.3, 0.4) is 0 Å². The lowest BCUT2D eigenvalue weighted by molar-refractivity contribution is 0.165. The van der Waals surface area contributed by atoms with E-state index >= 15 is 0 Å². The molecular formula is C30H37N9O. The smallest absolute Gasteiger partial charge is 0.247 e. The molecule has 0 amide bonds. The van der Waals surface area contributed by atoms with Crippen LogP contribution in [0, 0.1) is 18.3 Å². The summed E-state index contributed by atoms with van der Waals surface area (Å²) in [5.74, 6) is 0.541. The number of piperidine rings is 2. The summed E-state index contributed by atoms with van der Waals surface area (Å²) in [5.41, 5.74) is 4.98. The average Bonchev–Trinajstić information content (AvgIpc) is 3.64. The zero-order valence-corrected chi connectivity index (χ0v) is 23.1. The lowest BCUT2D eigenvalue weighted by Crippen LogP contribution is -2.45. The van der Waals surface area contributed by atoms with Crippen LogP contribution in [-0.4, -0.2) is 73.7 Å². The lowest BCUT2D eigenvalue weighted by Gasteiger charge is -2.42. The van der Waals surface area contributed by atoms with Gasteiger partial charge in [0.25, 0.3) is 0 Å². The topological polar surface area (TPSA) is 111 Å². The summed E-state index contributed by atoms with van der Waals surface area (Å²) in [6, 6.07) is 15.3. The van der Waals surface area contributed by atoms with Crippen LogP contribution in [0.25, 0.3) is 5.65 Å². The van der Waals surface area contributed by atoms with Gasteiger partial charge in [-0.1, -0.05) is 29.8 Å². The van der Waals surface area contributed by atoms with Crippen LogP contribution in [0.15, 0.2) is 55.0 Å². The van der Waals surface area contributed by atoms with Crippen LogP contribution in [0.5, 0.6) is 0 Å². The van der Waals surface area contributed by atoms with E-state index in [1.54, 1.807) is 0 Å². The molecule has 0 spiro atoms. The van der Waals surface area contributed by atoms with Crippen molar-refractivity contribution < 1.29 is 5.11 Å². The number of aliphatic hydroxyl groups is 1. The Bertz CT molecular complexity index is 1470. The molecule has 1 aromatic carbocycles. The zero-order valence-electron chi connectivity index (χ0n) is 23.1. The first-order chi connectivity index (χ1) is 19.6. The van der Waals surface area contributed by atoms with Gasteiger partial charge in [0.05, 0.1) is 36.3 Å². The van der Waals surface area contributed by atoms with Crippen molar-refractivity contribution in [3.8, 4) is 6.07 Å². The number of rotatable bonds is 8. The fourth-order valence-corrected chi connectivity index (χ4v) is 6.16. The summed E-state index contributed by atoms with van der Waals surface area (Å²) >= 11 is 0. The highest BCUT2D eigenvalue weighted by atomic mass is 16.3. The van der Waals surface area contributed by atoms with Crippen molar-refractivity contribution in [2.45, 2.75) is 50.5 Å². The first kappa shape index (κ1) is 26.3. The first-order valence-electron chi connectivity index (χ1n) is 14.3. The average molecular weight is 540 g/mol. The van der Waals surface area contributed by atoms with Crippen molar-refractivity contribution in [2.75, 3.05) is 49.5 Å². The van der Waals surface area contributed by atoms with E-state index in [0.717, 1.165) is 75.4 Å². The quantitative estimate of drug-likeness (QED) is 0.345. The number of hydrogen-bond donors (Lipinski definition) is 2. The van der Waals surface area contributed by atoms with Crippen molar-refractivity contribution in [1.82, 2.24) is 29.3 Å². The molecule has 208 valence electrons. The van der Waals surface area contributed by atoms with Crippen LogP contribution in [0.2, 0.25) is 0 Å². The highest BCUT2D eigenvalue weighted by Crippen LogP contribution is 2.37. The molecular weight excluding hydrogens is 502 g/mol. The molecule has 2 aliphatic rings. The molecule has 6 rings (SSSR count). The van der Waals surface area contributed by atoms with Gasteiger partial charge in [0, 0.05) is 57.0 Å². The Morgan fingerprint density at radius 2 is 1.88 bits per heavy atom. The molecule has 2 N–H and O–H groups in total. The number of nitrogens with one attached hydrogen (secondary N) is 1. The van der Waals surface area contributed by atoms with Gasteiger partial charge in [0.15, 0.2) is 5.65 Å². The summed E-state index contributed by atoms with van der Waals surface area (Å²) in [6.45, 7) is 6.76. The molecule has 0 aliphatic carbocycles. The molecule has 0 radical (unpaired) electrons. The number of anilines is 3. The Hall–Kier alpha value is -3.94. The van der Waals surface area contributed by atoms with Gasteiger partial charge in [-0.2, -0.15) is 15.3 Å². The number of nitrogens with zero attached hydrogens (tertiary/aromatic N) is 8. The largest absolute Gasteiger partial charge is 0.395 e. The number of hydrogen-bond acceptors (Lipinski definition) is 8. The van der Waals surface area contributed by atoms with Crippen molar-refractivity contribution in [3.63, 3.8) is 0 Å². The minimum atomic E-state index is -0.205. The molecule has 10 heteroatoms. The van der Waals surface area contributed by atoms with Crippen molar-refractivity contribution in [1.29, 1.82) is 5.26 Å². The van der Waals surface area contributed by atoms with Gasteiger partial charge in [-0.3, -0.25) is 4.68 Å². The second kappa shape index (κ2) is 11.3. The number of fused-ring (bicyclic) bond motifs is 1. The van der Waals surface area contributed by atoms with E-state index in [0.29, 0.717) is 18.4 Å². The van der Waals surface area contributed by atoms with Crippen molar-refractivity contribution >= 4 is 23.0 Å². The number of likely N-dealkylation sites (tertiary alicyclic amines) is 1. The van der Waals surface area contributed by atoms with Gasteiger partial charge in [-0.05, 0) is 50.3 Å². The zero-order chi connectivity index (χ0) is 27.5. The van der Waals surface area contributed by atoms with E-state index in [-0.39, 0.29) is 12.0 Å². The van der Waals surface area contributed by atoms with Gasteiger partial charge in [0.1, 0.15) is 0 Å². The predicted molar refractivity (Wildman–Crippen MR) is 155 cm³/mol. The summed E-state index contributed by atoms with van der Waals surface area (Å²) in [6.07, 6.45) is 10.2. The number of pyridine rings is 1. The first-order valence-corrected chi connectivity index (χ1v) is 14.3. The Morgan fingerprint density at radius 3 is 2.60 bits per heavy atom. The van der Waals surface area contributed by atoms with E-state index in [2.05, 4.69) is 68.6 Å². The van der Waals surface area contributed by atoms with Crippen LogP contribution >= 0.6 is 0 Å². The molecule has 5 heterocycles. The molecule has 0 atom stereocenters. The maximum absolute atomic E-state index is 10.4. The molecule has 2 aliphatic heterocycles. The minimum Gasteiger partial charge on any atom is -0.395 e. The lowest BCUT2D eigenvalue weighted by atomic mass is 9.73. The van der Waals surface area contributed by atoms with E-state index in [1.807, 2.05) is 33.9 Å². The Morgan fingerprint density at radius 1 is 1.10 bits per heavy atom. The van der Waals surface area contributed by atoms with Crippen LogP contribution in [0.1, 0.15) is 49.3 Å². The second-order valence-electron chi connectivity index (χ2n) is 11.2. The van der Waals surface area contributed by atoms with Crippen LogP contribution in [0.4, 0.5) is 17.3 Å². The van der Waals surface area contributed by atoms with Crippen LogP contribution in [-0.2, 0) is 5.41 Å². The summed E-state index contributed by atoms with van der Waals surface area (Å²) < 4.78 is 3.87. The minimum absolute atomic E-state index is 0.154. The Kier molecular flexibility index (Phi) is 7.41. The Balaban J connectivity index is 1.12. The summed E-state index contributed by atoms with van der Waals surface area (Å²) in [7, 11) is 0. The van der Waals surface area contributed by atoms with Crippen molar-refractivity contribution in [3.05, 3.63) is 66.1 Å². The van der Waals surface area contributed by atoms with Crippen molar-refractivity contribution in [2.24, 2.45) is 0 Å². The van der Waals surface area contributed by atoms with E-state index in [1.165, 1.54) is 11.1 Å². The monoisotopic (exact) mass is 539 g/mol. The highest BCUT2D eigenvalue weighted by Gasteiger charge is 2.36. The SMILES string of the molecule is Cc1ccc(C2(CO)CCN(c3cccn4nc(Nc5cnn(C6CCN(CCC#N)CC6)c5)nc34)CC2)cc1. The maximum atomic E-state index is 10.4.